The highest BCUT2D eigenvalue weighted by Gasteiger charge is 2.30. The molecular weight excluding hydrogens is 561 g/mol. The number of carbonyl (C=O) groups is 1. The van der Waals surface area contributed by atoms with Gasteiger partial charge in [-0.05, 0) is 62.8 Å². The summed E-state index contributed by atoms with van der Waals surface area (Å²) in [7, 11) is 5.80. The zero-order chi connectivity index (χ0) is 29.8. The van der Waals surface area contributed by atoms with Gasteiger partial charge >= 0.3 is 0 Å². The molecular formula is C30H35ClFN7O3. The van der Waals surface area contributed by atoms with Gasteiger partial charge in [0.15, 0.2) is 5.82 Å². The summed E-state index contributed by atoms with van der Waals surface area (Å²) in [5, 5.41) is 8.22. The second kappa shape index (κ2) is 12.9. The number of carbonyl (C=O) groups excluding carboxylic acids is 1. The van der Waals surface area contributed by atoms with Crippen molar-refractivity contribution in [2.75, 3.05) is 61.5 Å². The predicted molar refractivity (Wildman–Crippen MR) is 163 cm³/mol. The van der Waals surface area contributed by atoms with E-state index in [0.717, 1.165) is 31.6 Å². The number of nitrogens with zero attached hydrogens (tertiary/aromatic N) is 5. The molecule has 1 aromatic heterocycles. The lowest BCUT2D eigenvalue weighted by molar-refractivity contribution is -0.111. The van der Waals surface area contributed by atoms with Gasteiger partial charge in [-0.2, -0.15) is 0 Å². The number of anilines is 5. The number of benzene rings is 2. The number of methoxy groups -OCH3 is 1. The summed E-state index contributed by atoms with van der Waals surface area (Å²) in [6.07, 6.45) is 5.32. The molecule has 1 atom stereocenters. The molecule has 0 radical (unpaired) electrons. The van der Waals surface area contributed by atoms with E-state index in [1.165, 1.54) is 24.5 Å². The normalized spacial score (nSPS) is 17.4. The minimum Gasteiger partial charge on any atom is -0.494 e. The average molecular weight is 596 g/mol. The number of rotatable bonds is 9. The van der Waals surface area contributed by atoms with E-state index in [-0.39, 0.29) is 11.9 Å². The molecule has 12 heteroatoms. The highest BCUT2D eigenvalue weighted by atomic mass is 35.5. The van der Waals surface area contributed by atoms with Crippen molar-refractivity contribution in [1.82, 2.24) is 14.9 Å². The van der Waals surface area contributed by atoms with Crippen molar-refractivity contribution in [1.29, 1.82) is 0 Å². The summed E-state index contributed by atoms with van der Waals surface area (Å²) in [5.74, 6) is 0.836. The number of ether oxygens (including phenoxy) is 1. The van der Waals surface area contributed by atoms with Gasteiger partial charge in [-0.25, -0.2) is 19.4 Å². The number of amides is 1. The van der Waals surface area contributed by atoms with Crippen LogP contribution >= 0.6 is 11.6 Å². The van der Waals surface area contributed by atoms with Gasteiger partial charge in [-0.15, -0.1) is 0 Å². The van der Waals surface area contributed by atoms with Crippen LogP contribution in [0.2, 0.25) is 5.02 Å². The van der Waals surface area contributed by atoms with Crippen molar-refractivity contribution in [2.45, 2.75) is 31.3 Å². The lowest BCUT2D eigenvalue weighted by Gasteiger charge is -2.37. The maximum absolute atomic E-state index is 14.1. The van der Waals surface area contributed by atoms with E-state index in [2.05, 4.69) is 51.1 Å². The zero-order valence-corrected chi connectivity index (χ0v) is 24.7. The number of piperidine rings is 1. The summed E-state index contributed by atoms with van der Waals surface area (Å²) >= 11 is 6.12. The smallest absolute Gasteiger partial charge is 0.247 e. The van der Waals surface area contributed by atoms with Gasteiger partial charge in [0.05, 0.1) is 36.8 Å². The number of nitrogens with one attached hydrogen (secondary N) is 2. The minimum absolute atomic E-state index is 0.271. The Labute approximate surface area is 250 Å². The third-order valence-electron chi connectivity index (χ3n) is 7.61. The van der Waals surface area contributed by atoms with Gasteiger partial charge in [-0.1, -0.05) is 18.2 Å². The fraction of sp³-hybridized carbons (Fsp3) is 0.367. The molecule has 0 spiro atoms. The van der Waals surface area contributed by atoms with Gasteiger partial charge < -0.3 is 25.2 Å². The number of hydrogen-bond acceptors (Lipinski definition) is 9. The van der Waals surface area contributed by atoms with E-state index < -0.39 is 5.82 Å². The van der Waals surface area contributed by atoms with Crippen molar-refractivity contribution in [2.24, 2.45) is 0 Å². The van der Waals surface area contributed by atoms with Gasteiger partial charge in [0.2, 0.25) is 5.91 Å². The number of hydrogen-bond donors (Lipinski definition) is 2. The largest absolute Gasteiger partial charge is 0.494 e. The van der Waals surface area contributed by atoms with Gasteiger partial charge in [0, 0.05) is 42.7 Å². The molecule has 2 aliphatic heterocycles. The molecule has 0 aliphatic carbocycles. The molecule has 5 rings (SSSR count). The molecule has 1 amide bonds. The summed E-state index contributed by atoms with van der Waals surface area (Å²) in [5.41, 5.74) is 2.80. The van der Waals surface area contributed by atoms with Crippen LogP contribution in [0.5, 0.6) is 5.75 Å². The maximum atomic E-state index is 14.1. The molecule has 222 valence electrons. The lowest BCUT2D eigenvalue weighted by atomic mass is 10.0. The summed E-state index contributed by atoms with van der Waals surface area (Å²) < 4.78 is 19.9. The Balaban J connectivity index is 1.43. The van der Waals surface area contributed by atoms with Crippen molar-refractivity contribution in [3.63, 3.8) is 0 Å². The second-order valence-electron chi connectivity index (χ2n) is 10.5. The Bertz CT molecular complexity index is 1430. The molecule has 2 saturated heterocycles. The quantitative estimate of drug-likeness (QED) is 0.308. The van der Waals surface area contributed by atoms with E-state index in [4.69, 9.17) is 21.2 Å². The molecule has 3 aromatic rings. The van der Waals surface area contributed by atoms with Crippen LogP contribution in [0.3, 0.4) is 0 Å². The third-order valence-corrected chi connectivity index (χ3v) is 7.83. The van der Waals surface area contributed by atoms with Crippen LogP contribution in [0.15, 0.2) is 55.4 Å². The van der Waals surface area contributed by atoms with Crippen LogP contribution in [-0.2, 0) is 9.63 Å². The Hall–Kier alpha value is -3.93. The van der Waals surface area contributed by atoms with Crippen LogP contribution in [0, 0.1) is 5.82 Å². The zero-order valence-electron chi connectivity index (χ0n) is 23.9. The summed E-state index contributed by atoms with van der Waals surface area (Å²) in [4.78, 5) is 31.6. The van der Waals surface area contributed by atoms with Crippen molar-refractivity contribution in [3.05, 3.63) is 71.8 Å². The minimum atomic E-state index is -0.411. The highest BCUT2D eigenvalue weighted by molar-refractivity contribution is 6.30. The van der Waals surface area contributed by atoms with E-state index >= 15 is 0 Å². The Kier molecular flexibility index (Phi) is 9.10. The molecule has 0 saturated carbocycles. The molecule has 0 unspecified atom stereocenters. The van der Waals surface area contributed by atoms with Crippen LogP contribution < -0.4 is 25.3 Å². The topological polar surface area (TPSA) is 95.1 Å². The van der Waals surface area contributed by atoms with E-state index in [1.54, 1.807) is 24.3 Å². The molecule has 0 bridgehead atoms. The first-order valence-corrected chi connectivity index (χ1v) is 14.2. The summed E-state index contributed by atoms with van der Waals surface area (Å²) in [6, 6.07) is 10.2. The lowest BCUT2D eigenvalue weighted by Crippen LogP contribution is -2.42. The van der Waals surface area contributed by atoms with Gasteiger partial charge in [0.1, 0.15) is 23.7 Å². The number of hydroxylamine groups is 1. The maximum Gasteiger partial charge on any atom is 0.247 e. The Morgan fingerprint density at radius 1 is 1.14 bits per heavy atom. The molecule has 42 heavy (non-hydrogen) atoms. The number of halogens is 2. The van der Waals surface area contributed by atoms with E-state index in [0.29, 0.717) is 58.4 Å². The Morgan fingerprint density at radius 3 is 2.62 bits per heavy atom. The summed E-state index contributed by atoms with van der Waals surface area (Å²) in [6.45, 7) is 5.74. The monoisotopic (exact) mass is 595 g/mol. The SMILES string of the molecule is C=CC(=O)Nc1cc(Nc2cc(N3OCC[C@@H]3c3cc(F)cc(Cl)c3)ncn2)c(OC)cc1N1CCC(N(C)C)CC1. The molecule has 3 heterocycles. The van der Waals surface area contributed by atoms with E-state index in [1.807, 2.05) is 12.1 Å². The fourth-order valence-corrected chi connectivity index (χ4v) is 5.67. The first-order valence-electron chi connectivity index (χ1n) is 13.8. The standard InChI is InChI=1S/C30H35ClFN7O3/c1-5-30(40)36-23-15-24(27(41-4)16-26(23)38-9-6-22(7-10-38)37(2)3)35-28-17-29(34-18-33-28)39-25(8-11-42-39)19-12-20(31)14-21(32)13-19/h5,12-18,22,25H,1,6-11H2,2-4H3,(H,36,40)(H,33,34,35)/t25-/m1/s1. The average Bonchev–Trinajstić information content (AvgIpc) is 3.47. The van der Waals surface area contributed by atoms with E-state index in [9.17, 15) is 9.18 Å². The fourth-order valence-electron chi connectivity index (χ4n) is 5.44. The van der Waals surface area contributed by atoms with Gasteiger partial charge in [-0.3, -0.25) is 9.63 Å². The second-order valence-corrected chi connectivity index (χ2v) is 10.9. The van der Waals surface area contributed by atoms with Crippen molar-refractivity contribution >= 4 is 46.2 Å². The molecule has 2 aliphatic rings. The van der Waals surface area contributed by atoms with Crippen LogP contribution in [0.25, 0.3) is 0 Å². The molecule has 2 fully saturated rings. The van der Waals surface area contributed by atoms with Crippen molar-refractivity contribution in [3.8, 4) is 5.75 Å². The number of aromatic nitrogens is 2. The molecule has 10 nitrogen and oxygen atoms in total. The van der Waals surface area contributed by atoms with Crippen LogP contribution in [-0.4, -0.2) is 67.7 Å². The predicted octanol–water partition coefficient (Wildman–Crippen LogP) is 5.56. The van der Waals surface area contributed by atoms with Crippen molar-refractivity contribution < 1.29 is 18.8 Å². The Morgan fingerprint density at radius 2 is 1.93 bits per heavy atom. The third kappa shape index (κ3) is 6.59. The highest BCUT2D eigenvalue weighted by Crippen LogP contribution is 2.40. The first-order chi connectivity index (χ1) is 20.2. The molecule has 2 aromatic carbocycles. The van der Waals surface area contributed by atoms with Gasteiger partial charge in [0.25, 0.3) is 0 Å². The van der Waals surface area contributed by atoms with Crippen LogP contribution in [0.1, 0.15) is 30.9 Å². The molecule has 2 N–H and O–H groups in total. The first kappa shape index (κ1) is 29.6. The van der Waals surface area contributed by atoms with Crippen LogP contribution in [0.4, 0.5) is 33.1 Å².